The molecule has 4 nitrogen and oxygen atoms in total. The number of rotatable bonds is 3. The molecule has 1 atom stereocenters. The summed E-state index contributed by atoms with van der Waals surface area (Å²) in [7, 11) is 0. The molecule has 5 aliphatic heterocycles. The number of piperazine rings is 1. The van der Waals surface area contributed by atoms with Crippen molar-refractivity contribution in [1.82, 2.24) is 14.7 Å². The van der Waals surface area contributed by atoms with Crippen LogP contribution in [-0.2, 0) is 0 Å². The normalized spacial score (nSPS) is 32.8. The maximum absolute atomic E-state index is 2.84. The molecular formula is C24H38N4. The molecule has 0 unspecified atom stereocenters. The molecule has 0 amide bonds. The van der Waals surface area contributed by atoms with E-state index in [4.69, 9.17) is 0 Å². The molecule has 154 valence electrons. The van der Waals surface area contributed by atoms with Crippen LogP contribution in [0.15, 0.2) is 18.2 Å². The van der Waals surface area contributed by atoms with Crippen LogP contribution in [0.3, 0.4) is 0 Å². The number of hydrogen-bond donors (Lipinski definition) is 0. The molecule has 5 aliphatic rings. The zero-order chi connectivity index (χ0) is 19.1. The minimum absolute atomic E-state index is 0.801. The van der Waals surface area contributed by atoms with E-state index in [1.54, 1.807) is 0 Å². The van der Waals surface area contributed by atoms with Gasteiger partial charge in [0.1, 0.15) is 0 Å². The summed E-state index contributed by atoms with van der Waals surface area (Å²) >= 11 is 0. The van der Waals surface area contributed by atoms with Crippen molar-refractivity contribution in [3.05, 3.63) is 29.3 Å². The summed E-state index contributed by atoms with van der Waals surface area (Å²) in [5.41, 5.74) is 4.35. The summed E-state index contributed by atoms with van der Waals surface area (Å²) in [5.74, 6) is 0.984. The Balaban J connectivity index is 1.13. The third kappa shape index (κ3) is 3.59. The minimum atomic E-state index is 0.801. The van der Waals surface area contributed by atoms with Crippen LogP contribution >= 0.6 is 0 Å². The van der Waals surface area contributed by atoms with E-state index in [2.05, 4.69) is 51.6 Å². The average Bonchev–Trinajstić information content (AvgIpc) is 2.77. The number of hydrogen-bond acceptors (Lipinski definition) is 4. The fourth-order valence-corrected chi connectivity index (χ4v) is 6.33. The van der Waals surface area contributed by atoms with Gasteiger partial charge in [0.15, 0.2) is 0 Å². The third-order valence-electron chi connectivity index (χ3n) is 8.34. The van der Waals surface area contributed by atoms with E-state index >= 15 is 0 Å². The van der Waals surface area contributed by atoms with Crippen LogP contribution in [0, 0.1) is 19.8 Å². The van der Waals surface area contributed by atoms with Gasteiger partial charge in [-0.05, 0) is 75.7 Å². The number of piperidine rings is 4. The Morgan fingerprint density at radius 3 is 2.07 bits per heavy atom. The first-order chi connectivity index (χ1) is 13.7. The summed E-state index contributed by atoms with van der Waals surface area (Å²) in [5, 5.41) is 0. The molecular weight excluding hydrogens is 344 g/mol. The third-order valence-corrected chi connectivity index (χ3v) is 8.34. The zero-order valence-electron chi connectivity index (χ0n) is 17.9. The molecule has 5 heterocycles. The highest BCUT2D eigenvalue weighted by atomic mass is 15.3. The lowest BCUT2D eigenvalue weighted by Gasteiger charge is -2.52. The maximum Gasteiger partial charge on any atom is 0.0398 e. The lowest BCUT2D eigenvalue weighted by molar-refractivity contribution is -0.0228. The first kappa shape index (κ1) is 18.9. The van der Waals surface area contributed by atoms with Crippen molar-refractivity contribution in [2.24, 2.45) is 5.92 Å². The first-order valence-corrected chi connectivity index (χ1v) is 11.7. The summed E-state index contributed by atoms with van der Waals surface area (Å²) in [6.07, 6.45) is 5.55. The van der Waals surface area contributed by atoms with Crippen molar-refractivity contribution in [3.8, 4) is 0 Å². The van der Waals surface area contributed by atoms with Crippen molar-refractivity contribution in [3.63, 3.8) is 0 Å². The number of aryl methyl sites for hydroxylation is 1. The highest BCUT2D eigenvalue weighted by Gasteiger charge is 2.39. The van der Waals surface area contributed by atoms with E-state index in [-0.39, 0.29) is 0 Å². The van der Waals surface area contributed by atoms with Crippen molar-refractivity contribution < 1.29 is 0 Å². The second-order valence-corrected chi connectivity index (χ2v) is 9.71. The fourth-order valence-electron chi connectivity index (χ4n) is 6.33. The fraction of sp³-hybridized carbons (Fsp3) is 0.750. The SMILES string of the molecule is Cc1cccc(N2CCC(N3CCN([C@H]4CN5CCC4CC5)CC3)CC2)c1C. The van der Waals surface area contributed by atoms with E-state index in [9.17, 15) is 0 Å². The largest absolute Gasteiger partial charge is 0.371 e. The minimum Gasteiger partial charge on any atom is -0.371 e. The molecule has 6 rings (SSSR count). The molecule has 1 aromatic carbocycles. The number of anilines is 1. The monoisotopic (exact) mass is 382 g/mol. The van der Waals surface area contributed by atoms with Gasteiger partial charge < -0.3 is 9.80 Å². The Bertz CT molecular complexity index is 665. The average molecular weight is 383 g/mol. The lowest BCUT2D eigenvalue weighted by Crippen LogP contribution is -2.62. The molecule has 4 heteroatoms. The summed E-state index contributed by atoms with van der Waals surface area (Å²) < 4.78 is 0. The van der Waals surface area contributed by atoms with E-state index in [0.29, 0.717) is 0 Å². The molecule has 0 aromatic heterocycles. The molecule has 0 radical (unpaired) electrons. The number of fused-ring (bicyclic) bond motifs is 3. The van der Waals surface area contributed by atoms with Gasteiger partial charge in [-0.25, -0.2) is 0 Å². The maximum atomic E-state index is 2.84. The molecule has 1 aromatic rings. The Labute approximate surface area is 171 Å². The number of nitrogens with zero attached hydrogens (tertiary/aromatic N) is 4. The lowest BCUT2D eigenvalue weighted by atomic mass is 9.83. The van der Waals surface area contributed by atoms with Crippen LogP contribution in [0.5, 0.6) is 0 Å². The Kier molecular flexibility index (Phi) is 5.38. The predicted octanol–water partition coefficient (Wildman–Crippen LogP) is 2.98. The predicted molar refractivity (Wildman–Crippen MR) is 117 cm³/mol. The van der Waals surface area contributed by atoms with Gasteiger partial charge in [0.05, 0.1) is 0 Å². The number of benzene rings is 1. The van der Waals surface area contributed by atoms with Gasteiger partial charge in [-0.2, -0.15) is 0 Å². The van der Waals surface area contributed by atoms with E-state index in [1.807, 2.05) is 0 Å². The molecule has 5 saturated heterocycles. The van der Waals surface area contributed by atoms with Crippen molar-refractivity contribution in [2.45, 2.75) is 51.6 Å². The van der Waals surface area contributed by atoms with Crippen molar-refractivity contribution >= 4 is 5.69 Å². The highest BCUT2D eigenvalue weighted by Crippen LogP contribution is 2.32. The highest BCUT2D eigenvalue weighted by molar-refractivity contribution is 5.56. The summed E-state index contributed by atoms with van der Waals surface area (Å²) in [4.78, 5) is 11.0. The Hall–Kier alpha value is -1.10. The molecule has 28 heavy (non-hydrogen) atoms. The topological polar surface area (TPSA) is 13.0 Å². The van der Waals surface area contributed by atoms with Crippen LogP contribution in [0.25, 0.3) is 0 Å². The van der Waals surface area contributed by atoms with E-state index in [0.717, 1.165) is 18.0 Å². The summed E-state index contributed by atoms with van der Waals surface area (Å²) in [6.45, 7) is 16.2. The summed E-state index contributed by atoms with van der Waals surface area (Å²) in [6, 6.07) is 8.43. The molecule has 0 spiro atoms. The first-order valence-electron chi connectivity index (χ1n) is 11.7. The zero-order valence-corrected chi connectivity index (χ0v) is 17.9. The quantitative estimate of drug-likeness (QED) is 0.797. The molecule has 0 saturated carbocycles. The van der Waals surface area contributed by atoms with Gasteiger partial charge in [-0.15, -0.1) is 0 Å². The Morgan fingerprint density at radius 1 is 0.750 bits per heavy atom. The molecule has 5 fully saturated rings. The second kappa shape index (κ2) is 7.97. The van der Waals surface area contributed by atoms with Crippen LogP contribution in [0.4, 0.5) is 5.69 Å². The second-order valence-electron chi connectivity index (χ2n) is 9.71. The van der Waals surface area contributed by atoms with Crippen LogP contribution in [0.1, 0.15) is 36.8 Å². The Morgan fingerprint density at radius 2 is 1.43 bits per heavy atom. The van der Waals surface area contributed by atoms with E-state index in [1.165, 1.54) is 101 Å². The molecule has 0 aliphatic carbocycles. The van der Waals surface area contributed by atoms with Crippen LogP contribution < -0.4 is 4.90 Å². The van der Waals surface area contributed by atoms with Gasteiger partial charge in [0, 0.05) is 63.6 Å². The van der Waals surface area contributed by atoms with Gasteiger partial charge in [-0.1, -0.05) is 12.1 Å². The van der Waals surface area contributed by atoms with Gasteiger partial charge in [0.25, 0.3) is 0 Å². The van der Waals surface area contributed by atoms with Crippen molar-refractivity contribution in [2.75, 3.05) is 63.8 Å². The smallest absolute Gasteiger partial charge is 0.0398 e. The standard InChI is InChI=1S/C24H38N4/c1-19-4-3-5-23(20(19)2)27-12-8-22(9-13-27)26-14-16-28(17-15-26)24-18-25-10-6-21(24)7-11-25/h3-5,21-22,24H,6-18H2,1-2H3/t24-/m0/s1. The van der Waals surface area contributed by atoms with Gasteiger partial charge in [0.2, 0.25) is 0 Å². The molecule has 0 N–H and O–H groups in total. The molecule has 2 bridgehead atoms. The van der Waals surface area contributed by atoms with Crippen molar-refractivity contribution in [1.29, 1.82) is 0 Å². The van der Waals surface area contributed by atoms with Gasteiger partial charge in [-0.3, -0.25) is 9.80 Å². The van der Waals surface area contributed by atoms with Crippen LogP contribution in [0.2, 0.25) is 0 Å². The van der Waals surface area contributed by atoms with Gasteiger partial charge >= 0.3 is 0 Å². The van der Waals surface area contributed by atoms with Crippen LogP contribution in [-0.4, -0.2) is 85.7 Å². The van der Waals surface area contributed by atoms with E-state index < -0.39 is 0 Å².